The normalized spacial score (nSPS) is 14.3. The molecule has 0 bridgehead atoms. The molecule has 6 heteroatoms. The minimum Gasteiger partial charge on any atom is -0.281 e. The number of nitrogens with zero attached hydrogens (tertiary/aromatic N) is 2. The van der Waals surface area contributed by atoms with Crippen LogP contribution in [0.15, 0.2) is 39.9 Å². The van der Waals surface area contributed by atoms with Crippen LogP contribution in [-0.4, -0.2) is 22.3 Å². The highest BCUT2D eigenvalue weighted by Gasteiger charge is 2.22. The largest absolute Gasteiger partial charge is 0.292 e. The summed E-state index contributed by atoms with van der Waals surface area (Å²) in [6, 6.07) is 9.86. The molecule has 1 aromatic carbocycles. The van der Waals surface area contributed by atoms with Crippen LogP contribution in [0, 0.1) is 0 Å². The number of allylic oxidation sites excluding steroid dienone is 1. The Balaban J connectivity index is 1.62. The van der Waals surface area contributed by atoms with E-state index in [9.17, 15) is 4.79 Å². The Morgan fingerprint density at radius 2 is 2.14 bits per heavy atom. The van der Waals surface area contributed by atoms with Crippen molar-refractivity contribution in [1.82, 2.24) is 15.6 Å². The van der Waals surface area contributed by atoms with Crippen LogP contribution in [0.4, 0.5) is 0 Å². The van der Waals surface area contributed by atoms with E-state index in [-0.39, 0.29) is 5.91 Å². The summed E-state index contributed by atoms with van der Waals surface area (Å²) in [5.74, 6) is -0.282. The van der Waals surface area contributed by atoms with E-state index in [1.54, 1.807) is 6.21 Å². The average molecular weight is 359 g/mol. The number of amides is 1. The number of fused-ring (bicyclic) bond motifs is 1. The Morgan fingerprint density at radius 3 is 2.95 bits per heavy atom. The van der Waals surface area contributed by atoms with Gasteiger partial charge in [0, 0.05) is 15.7 Å². The van der Waals surface area contributed by atoms with Gasteiger partial charge in [-0.3, -0.25) is 9.89 Å². The smallest absolute Gasteiger partial charge is 0.281 e. The minimum absolute atomic E-state index is 0.282. The lowest BCUT2D eigenvalue weighted by molar-refractivity contribution is 0.0949. The molecule has 0 aliphatic heterocycles. The Morgan fingerprint density at radius 1 is 1.32 bits per heavy atom. The van der Waals surface area contributed by atoms with Gasteiger partial charge in [0.15, 0.2) is 5.69 Å². The molecule has 0 spiro atoms. The Hall–Kier alpha value is -2.21. The summed E-state index contributed by atoms with van der Waals surface area (Å²) in [5, 5.41) is 10.9. The number of halogens is 1. The van der Waals surface area contributed by atoms with Gasteiger partial charge in [-0.25, -0.2) is 5.43 Å². The fraction of sp³-hybridized carbons (Fsp3) is 0.188. The van der Waals surface area contributed by atoms with Gasteiger partial charge in [-0.15, -0.1) is 0 Å². The van der Waals surface area contributed by atoms with Crippen molar-refractivity contribution in [3.05, 3.63) is 57.3 Å². The maximum atomic E-state index is 12.1. The predicted molar refractivity (Wildman–Crippen MR) is 89.9 cm³/mol. The van der Waals surface area contributed by atoms with Crippen molar-refractivity contribution in [2.75, 3.05) is 0 Å². The number of aromatic nitrogens is 2. The Kier molecular flexibility index (Phi) is 4.48. The molecule has 0 fully saturated rings. The molecule has 0 saturated carbocycles. The van der Waals surface area contributed by atoms with Gasteiger partial charge in [0.05, 0.1) is 6.21 Å². The second kappa shape index (κ2) is 6.70. The number of rotatable bonds is 4. The number of nitrogens with one attached hydrogen (secondary N) is 2. The van der Waals surface area contributed by atoms with Crippen LogP contribution < -0.4 is 5.43 Å². The summed E-state index contributed by atoms with van der Waals surface area (Å²) in [6.45, 7) is 0. The number of aromatic amines is 1. The highest BCUT2D eigenvalue weighted by molar-refractivity contribution is 9.12. The molecule has 112 valence electrons. The molecular formula is C16H15BrN4O. The van der Waals surface area contributed by atoms with Gasteiger partial charge in [-0.05, 0) is 46.8 Å². The Bertz CT molecular complexity index is 734. The minimum atomic E-state index is -0.282. The molecule has 0 unspecified atom stereocenters. The first-order chi connectivity index (χ1) is 10.7. The number of hydrogen-bond acceptors (Lipinski definition) is 3. The number of H-pyrrole nitrogens is 1. The zero-order valence-corrected chi connectivity index (χ0v) is 13.4. The Labute approximate surface area is 136 Å². The van der Waals surface area contributed by atoms with Crippen molar-refractivity contribution in [2.45, 2.75) is 19.3 Å². The van der Waals surface area contributed by atoms with E-state index in [0.717, 1.165) is 40.6 Å². The summed E-state index contributed by atoms with van der Waals surface area (Å²) >= 11 is 3.40. The van der Waals surface area contributed by atoms with Crippen molar-refractivity contribution in [3.63, 3.8) is 0 Å². The second-order valence-electron chi connectivity index (χ2n) is 5.02. The standard InChI is InChI=1S/C16H15BrN4O/c17-12(9-11-5-2-1-3-6-11)10-18-21-16(22)15-13-7-4-8-14(13)19-20-15/h1-3,5-6,9-10H,4,7-8H2,(H,19,20)(H,21,22)/b12-9+,18-10+. The number of hydrogen-bond donors (Lipinski definition) is 2. The summed E-state index contributed by atoms with van der Waals surface area (Å²) in [5.41, 5.74) is 6.10. The first-order valence-corrected chi connectivity index (χ1v) is 7.85. The maximum Gasteiger partial charge on any atom is 0.292 e. The zero-order valence-electron chi connectivity index (χ0n) is 11.8. The van der Waals surface area contributed by atoms with E-state index >= 15 is 0 Å². The molecule has 1 aliphatic carbocycles. The van der Waals surface area contributed by atoms with E-state index in [4.69, 9.17) is 0 Å². The summed E-state index contributed by atoms with van der Waals surface area (Å²) in [4.78, 5) is 12.1. The lowest BCUT2D eigenvalue weighted by Gasteiger charge is -1.98. The van der Waals surface area contributed by atoms with E-state index in [2.05, 4.69) is 36.7 Å². The van der Waals surface area contributed by atoms with Crippen LogP contribution in [0.5, 0.6) is 0 Å². The van der Waals surface area contributed by atoms with E-state index in [1.807, 2.05) is 36.4 Å². The molecule has 1 aliphatic rings. The molecular weight excluding hydrogens is 344 g/mol. The van der Waals surface area contributed by atoms with Crippen molar-refractivity contribution in [3.8, 4) is 0 Å². The third-order valence-electron chi connectivity index (χ3n) is 3.48. The molecule has 3 rings (SSSR count). The molecule has 0 radical (unpaired) electrons. The summed E-state index contributed by atoms with van der Waals surface area (Å²) < 4.78 is 0.770. The number of hydrazone groups is 1. The van der Waals surface area contributed by atoms with Crippen molar-refractivity contribution in [2.24, 2.45) is 5.10 Å². The molecule has 1 heterocycles. The molecule has 1 aromatic heterocycles. The molecule has 1 amide bonds. The van der Waals surface area contributed by atoms with E-state index in [0.29, 0.717) is 5.69 Å². The lowest BCUT2D eigenvalue weighted by Crippen LogP contribution is -2.19. The first-order valence-electron chi connectivity index (χ1n) is 7.06. The van der Waals surface area contributed by atoms with Gasteiger partial charge in [0.1, 0.15) is 0 Å². The SMILES string of the molecule is O=C(N/N=C/C(Br)=C\c1ccccc1)c1n[nH]c2c1CCC2. The third-order valence-corrected chi connectivity index (χ3v) is 3.91. The molecule has 5 nitrogen and oxygen atoms in total. The number of benzene rings is 1. The first kappa shape index (κ1) is 14.7. The van der Waals surface area contributed by atoms with Crippen molar-refractivity contribution in [1.29, 1.82) is 0 Å². The van der Waals surface area contributed by atoms with Gasteiger partial charge in [0.25, 0.3) is 5.91 Å². The fourth-order valence-electron chi connectivity index (χ4n) is 2.46. The van der Waals surface area contributed by atoms with Gasteiger partial charge >= 0.3 is 0 Å². The van der Waals surface area contributed by atoms with Crippen LogP contribution in [0.25, 0.3) is 6.08 Å². The van der Waals surface area contributed by atoms with Crippen LogP contribution >= 0.6 is 15.9 Å². The maximum absolute atomic E-state index is 12.1. The second-order valence-corrected chi connectivity index (χ2v) is 5.94. The number of carbonyl (C=O) groups is 1. The summed E-state index contributed by atoms with van der Waals surface area (Å²) in [6.07, 6.45) is 6.40. The zero-order chi connectivity index (χ0) is 15.4. The quantitative estimate of drug-likeness (QED) is 0.651. The molecule has 0 saturated heterocycles. The van der Waals surface area contributed by atoms with Crippen molar-refractivity contribution >= 4 is 34.1 Å². The third kappa shape index (κ3) is 3.33. The van der Waals surface area contributed by atoms with Gasteiger partial charge in [0.2, 0.25) is 0 Å². The van der Waals surface area contributed by atoms with Crippen LogP contribution in [0.2, 0.25) is 0 Å². The number of carbonyl (C=O) groups excluding carboxylic acids is 1. The highest BCUT2D eigenvalue weighted by Crippen LogP contribution is 2.22. The average Bonchev–Trinajstić information content (AvgIpc) is 3.10. The monoisotopic (exact) mass is 358 g/mol. The van der Waals surface area contributed by atoms with Gasteiger partial charge in [-0.1, -0.05) is 30.3 Å². The number of aryl methyl sites for hydroxylation is 1. The van der Waals surface area contributed by atoms with Crippen LogP contribution in [-0.2, 0) is 12.8 Å². The van der Waals surface area contributed by atoms with Gasteiger partial charge in [-0.2, -0.15) is 10.2 Å². The van der Waals surface area contributed by atoms with Crippen molar-refractivity contribution < 1.29 is 4.79 Å². The van der Waals surface area contributed by atoms with Gasteiger partial charge < -0.3 is 0 Å². The van der Waals surface area contributed by atoms with Crippen LogP contribution in [0.3, 0.4) is 0 Å². The van der Waals surface area contributed by atoms with E-state index < -0.39 is 0 Å². The molecule has 2 N–H and O–H groups in total. The lowest BCUT2D eigenvalue weighted by atomic mass is 10.2. The molecule has 2 aromatic rings. The predicted octanol–water partition coefficient (Wildman–Crippen LogP) is 3.05. The fourth-order valence-corrected chi connectivity index (χ4v) is 2.83. The summed E-state index contributed by atoms with van der Waals surface area (Å²) in [7, 11) is 0. The highest BCUT2D eigenvalue weighted by atomic mass is 79.9. The van der Waals surface area contributed by atoms with E-state index in [1.165, 1.54) is 0 Å². The topological polar surface area (TPSA) is 70.1 Å². The molecule has 22 heavy (non-hydrogen) atoms. The van der Waals surface area contributed by atoms with Crippen LogP contribution in [0.1, 0.15) is 33.7 Å². The molecule has 0 atom stereocenters.